The van der Waals surface area contributed by atoms with Gasteiger partial charge in [0.05, 0.1) is 0 Å². The van der Waals surface area contributed by atoms with Crippen LogP contribution in [0.25, 0.3) is 0 Å². The second-order valence-electron chi connectivity index (χ2n) is 4.63. The highest BCUT2D eigenvalue weighted by Gasteiger charge is 2.28. The molecule has 0 spiro atoms. The predicted molar refractivity (Wildman–Crippen MR) is 56.7 cm³/mol. The predicted octanol–water partition coefficient (Wildman–Crippen LogP) is 0.216. The highest BCUT2D eigenvalue weighted by Crippen LogP contribution is 2.13. The van der Waals surface area contributed by atoms with Crippen LogP contribution in [-0.4, -0.2) is 55.6 Å². The SMILES string of the molecule is CC(C)C(N)C1CN(C)CCN1C. The molecule has 3 heteroatoms. The van der Waals surface area contributed by atoms with Gasteiger partial charge >= 0.3 is 0 Å². The second-order valence-corrected chi connectivity index (χ2v) is 4.63. The summed E-state index contributed by atoms with van der Waals surface area (Å²) in [7, 11) is 4.35. The molecule has 0 radical (unpaired) electrons. The minimum Gasteiger partial charge on any atom is -0.326 e. The van der Waals surface area contributed by atoms with E-state index in [1.807, 2.05) is 0 Å². The molecule has 1 fully saturated rings. The molecule has 1 rings (SSSR count). The fourth-order valence-electron chi connectivity index (χ4n) is 1.90. The highest BCUT2D eigenvalue weighted by molar-refractivity contribution is 4.88. The molecule has 3 nitrogen and oxygen atoms in total. The Morgan fingerprint density at radius 1 is 1.23 bits per heavy atom. The first-order valence-corrected chi connectivity index (χ1v) is 5.16. The van der Waals surface area contributed by atoms with Gasteiger partial charge in [0.15, 0.2) is 0 Å². The largest absolute Gasteiger partial charge is 0.326 e. The summed E-state index contributed by atoms with van der Waals surface area (Å²) in [6.45, 7) is 7.81. The Morgan fingerprint density at radius 2 is 1.85 bits per heavy atom. The van der Waals surface area contributed by atoms with Crippen molar-refractivity contribution in [1.29, 1.82) is 0 Å². The van der Waals surface area contributed by atoms with Gasteiger partial charge in [0.25, 0.3) is 0 Å². The maximum Gasteiger partial charge on any atom is 0.0374 e. The Morgan fingerprint density at radius 3 is 2.38 bits per heavy atom. The van der Waals surface area contributed by atoms with Gasteiger partial charge in [-0.3, -0.25) is 4.90 Å². The summed E-state index contributed by atoms with van der Waals surface area (Å²) in [6, 6.07) is 0.825. The van der Waals surface area contributed by atoms with E-state index in [0.29, 0.717) is 18.0 Å². The van der Waals surface area contributed by atoms with E-state index in [1.165, 1.54) is 0 Å². The maximum atomic E-state index is 6.18. The number of hydrogen-bond donors (Lipinski definition) is 1. The number of nitrogens with zero attached hydrogens (tertiary/aromatic N) is 2. The summed E-state index contributed by atoms with van der Waals surface area (Å²) in [5.74, 6) is 0.568. The first kappa shape index (κ1) is 11.0. The fraction of sp³-hybridized carbons (Fsp3) is 1.00. The van der Waals surface area contributed by atoms with Gasteiger partial charge in [-0.05, 0) is 20.0 Å². The van der Waals surface area contributed by atoms with Crippen LogP contribution in [0.1, 0.15) is 13.8 Å². The third-order valence-corrected chi connectivity index (χ3v) is 3.11. The first-order valence-electron chi connectivity index (χ1n) is 5.16. The summed E-state index contributed by atoms with van der Waals surface area (Å²) in [6.07, 6.45) is 0. The number of rotatable bonds is 2. The molecule has 0 aromatic carbocycles. The van der Waals surface area contributed by atoms with Crippen molar-refractivity contribution >= 4 is 0 Å². The average Bonchev–Trinajstić information content (AvgIpc) is 2.08. The molecular weight excluding hydrogens is 162 g/mol. The molecule has 0 bridgehead atoms. The summed E-state index contributed by atoms with van der Waals surface area (Å²) in [5, 5.41) is 0. The molecule has 2 atom stereocenters. The van der Waals surface area contributed by atoms with Crippen LogP contribution in [-0.2, 0) is 0 Å². The third-order valence-electron chi connectivity index (χ3n) is 3.11. The van der Waals surface area contributed by atoms with Gasteiger partial charge in [-0.1, -0.05) is 13.8 Å². The zero-order valence-corrected chi connectivity index (χ0v) is 9.33. The molecule has 1 heterocycles. The van der Waals surface area contributed by atoms with E-state index in [4.69, 9.17) is 5.73 Å². The van der Waals surface area contributed by atoms with E-state index in [9.17, 15) is 0 Å². The summed E-state index contributed by atoms with van der Waals surface area (Å²) in [4.78, 5) is 4.76. The summed E-state index contributed by atoms with van der Waals surface area (Å²) in [5.41, 5.74) is 6.18. The van der Waals surface area contributed by atoms with Gasteiger partial charge in [-0.15, -0.1) is 0 Å². The zero-order valence-electron chi connectivity index (χ0n) is 9.33. The lowest BCUT2D eigenvalue weighted by Crippen LogP contribution is -2.58. The second kappa shape index (κ2) is 4.40. The summed E-state index contributed by atoms with van der Waals surface area (Å²) < 4.78 is 0. The van der Waals surface area contributed by atoms with E-state index < -0.39 is 0 Å². The number of piperazine rings is 1. The van der Waals surface area contributed by atoms with Gasteiger partial charge in [0.2, 0.25) is 0 Å². The van der Waals surface area contributed by atoms with Crippen molar-refractivity contribution in [2.24, 2.45) is 11.7 Å². The molecule has 0 amide bonds. The zero-order chi connectivity index (χ0) is 10.0. The fourth-order valence-corrected chi connectivity index (χ4v) is 1.90. The van der Waals surface area contributed by atoms with Crippen molar-refractivity contribution < 1.29 is 0 Å². The molecule has 1 saturated heterocycles. The molecule has 78 valence electrons. The van der Waals surface area contributed by atoms with Crippen LogP contribution >= 0.6 is 0 Å². The number of hydrogen-bond acceptors (Lipinski definition) is 3. The molecule has 0 aromatic heterocycles. The number of likely N-dealkylation sites (N-methyl/N-ethyl adjacent to an activating group) is 2. The van der Waals surface area contributed by atoms with Crippen LogP contribution in [0.4, 0.5) is 0 Å². The Balaban J connectivity index is 2.54. The molecule has 1 aliphatic heterocycles. The molecule has 13 heavy (non-hydrogen) atoms. The lowest BCUT2D eigenvalue weighted by atomic mass is 9.95. The van der Waals surface area contributed by atoms with Crippen LogP contribution in [0.2, 0.25) is 0 Å². The molecular formula is C10H23N3. The van der Waals surface area contributed by atoms with Crippen LogP contribution < -0.4 is 5.73 Å². The molecule has 2 N–H and O–H groups in total. The third kappa shape index (κ3) is 2.66. The minimum atomic E-state index is 0.299. The van der Waals surface area contributed by atoms with E-state index in [-0.39, 0.29) is 0 Å². The van der Waals surface area contributed by atoms with E-state index in [0.717, 1.165) is 19.6 Å². The molecule has 0 saturated carbocycles. The van der Waals surface area contributed by atoms with Crippen LogP contribution in [0, 0.1) is 5.92 Å². The van der Waals surface area contributed by atoms with E-state index in [2.05, 4.69) is 37.7 Å². The Kier molecular flexibility index (Phi) is 3.71. The van der Waals surface area contributed by atoms with Crippen molar-refractivity contribution in [3.63, 3.8) is 0 Å². The van der Waals surface area contributed by atoms with E-state index >= 15 is 0 Å². The van der Waals surface area contributed by atoms with Crippen molar-refractivity contribution in [2.75, 3.05) is 33.7 Å². The molecule has 0 aliphatic carbocycles. The van der Waals surface area contributed by atoms with Crippen molar-refractivity contribution in [3.8, 4) is 0 Å². The van der Waals surface area contributed by atoms with Crippen LogP contribution in [0.5, 0.6) is 0 Å². The normalized spacial score (nSPS) is 29.5. The lowest BCUT2D eigenvalue weighted by Gasteiger charge is -2.41. The van der Waals surface area contributed by atoms with Gasteiger partial charge in [0.1, 0.15) is 0 Å². The molecule has 1 aliphatic rings. The monoisotopic (exact) mass is 185 g/mol. The van der Waals surface area contributed by atoms with Crippen molar-refractivity contribution in [3.05, 3.63) is 0 Å². The van der Waals surface area contributed by atoms with Crippen LogP contribution in [0.15, 0.2) is 0 Å². The molecule has 0 aromatic rings. The van der Waals surface area contributed by atoms with Crippen LogP contribution in [0.3, 0.4) is 0 Å². The van der Waals surface area contributed by atoms with Gasteiger partial charge in [-0.25, -0.2) is 0 Å². The first-order chi connectivity index (χ1) is 6.02. The Hall–Kier alpha value is -0.120. The van der Waals surface area contributed by atoms with Crippen molar-refractivity contribution in [2.45, 2.75) is 25.9 Å². The lowest BCUT2D eigenvalue weighted by molar-refractivity contribution is 0.0864. The smallest absolute Gasteiger partial charge is 0.0374 e. The highest BCUT2D eigenvalue weighted by atomic mass is 15.3. The standard InChI is InChI=1S/C10H23N3/c1-8(2)10(11)9-7-12(3)5-6-13(9)4/h8-10H,5-7,11H2,1-4H3. The summed E-state index contributed by atoms with van der Waals surface area (Å²) >= 11 is 0. The maximum absolute atomic E-state index is 6.18. The minimum absolute atomic E-state index is 0.299. The Labute approximate surface area is 81.9 Å². The topological polar surface area (TPSA) is 32.5 Å². The average molecular weight is 185 g/mol. The van der Waals surface area contributed by atoms with Gasteiger partial charge in [-0.2, -0.15) is 0 Å². The van der Waals surface area contributed by atoms with Gasteiger partial charge in [0, 0.05) is 31.7 Å². The molecule has 2 unspecified atom stereocenters. The quantitative estimate of drug-likeness (QED) is 0.668. The van der Waals surface area contributed by atoms with Gasteiger partial charge < -0.3 is 10.6 Å². The van der Waals surface area contributed by atoms with E-state index in [1.54, 1.807) is 0 Å². The number of nitrogens with two attached hydrogens (primary N) is 1. The van der Waals surface area contributed by atoms with Crippen molar-refractivity contribution in [1.82, 2.24) is 9.80 Å². The Bertz CT molecular complexity index is 158.